The van der Waals surface area contributed by atoms with Crippen molar-refractivity contribution in [1.29, 1.82) is 0 Å². The summed E-state index contributed by atoms with van der Waals surface area (Å²) in [5, 5.41) is -0.0207. The normalized spacial score (nSPS) is 17.9. The van der Waals surface area contributed by atoms with Gasteiger partial charge < -0.3 is 0 Å². The third-order valence-electron chi connectivity index (χ3n) is 1.84. The number of alkyl halides is 1. The highest BCUT2D eigenvalue weighted by atomic mass is 35.5. The molecule has 0 amide bonds. The minimum atomic E-state index is -3.25. The summed E-state index contributed by atoms with van der Waals surface area (Å²) in [6, 6.07) is -0.119. The maximum Gasteiger partial charge on any atom is 0.216 e. The third-order valence-corrected chi connectivity index (χ3v) is 4.34. The van der Waals surface area contributed by atoms with Gasteiger partial charge >= 0.3 is 0 Å². The van der Waals surface area contributed by atoms with Crippen LogP contribution in [0.2, 0.25) is 0 Å². The Labute approximate surface area is 92.3 Å². The van der Waals surface area contributed by atoms with Crippen molar-refractivity contribution in [1.82, 2.24) is 4.72 Å². The highest BCUT2D eigenvalue weighted by molar-refractivity contribution is 7.90. The van der Waals surface area contributed by atoms with Crippen LogP contribution in [0.25, 0.3) is 0 Å². The first-order chi connectivity index (χ1) is 6.06. The van der Waals surface area contributed by atoms with Gasteiger partial charge in [-0.3, -0.25) is 0 Å². The summed E-state index contributed by atoms with van der Waals surface area (Å²) in [7, 11) is -3.25. The first-order valence-corrected chi connectivity index (χ1v) is 6.64. The number of rotatable bonds is 4. The number of halogens is 1. The predicted molar refractivity (Wildman–Crippen MR) is 61.2 cm³/mol. The fourth-order valence-electron chi connectivity index (χ4n) is 0.977. The quantitative estimate of drug-likeness (QED) is 0.767. The van der Waals surface area contributed by atoms with Crippen LogP contribution in [0, 0.1) is 0 Å². The molecule has 5 heteroatoms. The molecular formula is C9H20ClNO2S. The second kappa shape index (κ2) is 4.81. The van der Waals surface area contributed by atoms with E-state index < -0.39 is 14.8 Å². The van der Waals surface area contributed by atoms with E-state index in [4.69, 9.17) is 11.6 Å². The van der Waals surface area contributed by atoms with Crippen molar-refractivity contribution in [2.24, 2.45) is 0 Å². The molecule has 0 aromatic heterocycles. The van der Waals surface area contributed by atoms with E-state index in [-0.39, 0.29) is 11.4 Å². The Morgan fingerprint density at radius 1 is 1.29 bits per heavy atom. The zero-order chi connectivity index (χ0) is 11.6. The number of hydrogen-bond donors (Lipinski definition) is 1. The van der Waals surface area contributed by atoms with Crippen LogP contribution in [0.5, 0.6) is 0 Å². The molecule has 0 bridgehead atoms. The van der Waals surface area contributed by atoms with E-state index in [9.17, 15) is 8.42 Å². The first kappa shape index (κ1) is 14.2. The Morgan fingerprint density at radius 3 is 2.00 bits per heavy atom. The highest BCUT2D eigenvalue weighted by Gasteiger charge is 2.30. The summed E-state index contributed by atoms with van der Waals surface area (Å²) in [6.07, 6.45) is 0.636. The van der Waals surface area contributed by atoms with E-state index >= 15 is 0 Å². The van der Waals surface area contributed by atoms with Crippen LogP contribution in [-0.4, -0.2) is 24.6 Å². The van der Waals surface area contributed by atoms with Crippen LogP contribution in [0.15, 0.2) is 0 Å². The zero-order valence-electron chi connectivity index (χ0n) is 9.46. The van der Waals surface area contributed by atoms with E-state index in [0.29, 0.717) is 6.42 Å². The molecule has 1 N–H and O–H groups in total. The molecular weight excluding hydrogens is 222 g/mol. The maximum atomic E-state index is 11.7. The molecule has 0 saturated carbocycles. The maximum absolute atomic E-state index is 11.7. The van der Waals surface area contributed by atoms with Crippen molar-refractivity contribution in [3.05, 3.63) is 0 Å². The fourth-order valence-corrected chi connectivity index (χ4v) is 2.22. The number of hydrogen-bond acceptors (Lipinski definition) is 2. The zero-order valence-corrected chi connectivity index (χ0v) is 11.0. The summed E-state index contributed by atoms with van der Waals surface area (Å²) in [5.74, 6) is 0. The minimum absolute atomic E-state index is 0.0207. The Bertz CT molecular complexity index is 267. The van der Waals surface area contributed by atoms with Crippen molar-refractivity contribution in [2.75, 3.05) is 0 Å². The summed E-state index contributed by atoms with van der Waals surface area (Å²) >= 11 is 5.78. The summed E-state index contributed by atoms with van der Waals surface area (Å²) in [6.45, 7) is 8.69. The Kier molecular flexibility index (Phi) is 4.88. The molecule has 0 aliphatic heterocycles. The average Bonchev–Trinajstić information content (AvgIpc) is 1.79. The molecule has 0 rings (SSSR count). The van der Waals surface area contributed by atoms with E-state index in [1.165, 1.54) is 0 Å². The minimum Gasteiger partial charge on any atom is -0.212 e. The Balaban J connectivity index is 4.39. The Morgan fingerprint density at radius 2 is 1.71 bits per heavy atom. The Hall–Kier alpha value is 0.200. The molecule has 0 aliphatic rings. The lowest BCUT2D eigenvalue weighted by molar-refractivity contribution is 0.517. The van der Waals surface area contributed by atoms with E-state index in [0.717, 1.165) is 0 Å². The molecule has 14 heavy (non-hydrogen) atoms. The molecule has 0 aliphatic carbocycles. The van der Waals surface area contributed by atoms with Gasteiger partial charge in [-0.25, -0.2) is 13.1 Å². The summed E-state index contributed by atoms with van der Waals surface area (Å²) in [4.78, 5) is 0. The van der Waals surface area contributed by atoms with Crippen molar-refractivity contribution in [3.63, 3.8) is 0 Å². The molecule has 2 atom stereocenters. The SMILES string of the molecule is CC(Cl)CC(C)NS(=O)(=O)C(C)(C)C. The summed E-state index contributed by atoms with van der Waals surface area (Å²) in [5.41, 5.74) is 0. The molecule has 0 heterocycles. The number of sulfonamides is 1. The van der Waals surface area contributed by atoms with Crippen LogP contribution in [0.4, 0.5) is 0 Å². The van der Waals surface area contributed by atoms with Crippen molar-refractivity contribution in [3.8, 4) is 0 Å². The van der Waals surface area contributed by atoms with Crippen molar-refractivity contribution >= 4 is 21.6 Å². The molecule has 0 aromatic rings. The largest absolute Gasteiger partial charge is 0.216 e. The molecule has 0 fully saturated rings. The van der Waals surface area contributed by atoms with Crippen molar-refractivity contribution in [2.45, 2.75) is 57.2 Å². The lowest BCUT2D eigenvalue weighted by Gasteiger charge is -2.23. The van der Waals surface area contributed by atoms with Gasteiger partial charge in [0.05, 0.1) is 4.75 Å². The van der Waals surface area contributed by atoms with Gasteiger partial charge in [-0.1, -0.05) is 0 Å². The molecule has 3 nitrogen and oxygen atoms in total. The molecule has 2 unspecified atom stereocenters. The van der Waals surface area contributed by atoms with Crippen LogP contribution in [0.3, 0.4) is 0 Å². The van der Waals surface area contributed by atoms with Gasteiger partial charge in [0.25, 0.3) is 0 Å². The molecule has 0 radical (unpaired) electrons. The van der Waals surface area contributed by atoms with Crippen LogP contribution >= 0.6 is 11.6 Å². The molecule has 86 valence electrons. The predicted octanol–water partition coefficient (Wildman–Crippen LogP) is 2.11. The summed E-state index contributed by atoms with van der Waals surface area (Å²) < 4.78 is 25.2. The van der Waals surface area contributed by atoms with Crippen LogP contribution < -0.4 is 4.72 Å². The second-order valence-corrected chi connectivity index (χ2v) is 7.86. The van der Waals surface area contributed by atoms with Gasteiger partial charge in [0, 0.05) is 11.4 Å². The van der Waals surface area contributed by atoms with Gasteiger partial charge in [-0.15, -0.1) is 11.6 Å². The van der Waals surface area contributed by atoms with E-state index in [1.807, 2.05) is 13.8 Å². The fraction of sp³-hybridized carbons (Fsp3) is 1.00. The molecule has 0 spiro atoms. The average molecular weight is 242 g/mol. The van der Waals surface area contributed by atoms with Crippen molar-refractivity contribution < 1.29 is 8.42 Å². The molecule has 0 aromatic carbocycles. The van der Waals surface area contributed by atoms with E-state index in [2.05, 4.69) is 4.72 Å². The van der Waals surface area contributed by atoms with E-state index in [1.54, 1.807) is 20.8 Å². The monoisotopic (exact) mass is 241 g/mol. The van der Waals surface area contributed by atoms with Crippen LogP contribution in [-0.2, 0) is 10.0 Å². The smallest absolute Gasteiger partial charge is 0.212 e. The number of nitrogens with one attached hydrogen (secondary N) is 1. The standard InChI is InChI=1S/C9H20ClNO2S/c1-7(10)6-8(2)11-14(12,13)9(3,4)5/h7-8,11H,6H2,1-5H3. The topological polar surface area (TPSA) is 46.2 Å². The van der Waals surface area contributed by atoms with Gasteiger partial charge in [0.2, 0.25) is 10.0 Å². The van der Waals surface area contributed by atoms with Gasteiger partial charge in [0.15, 0.2) is 0 Å². The highest BCUT2D eigenvalue weighted by Crippen LogP contribution is 2.15. The van der Waals surface area contributed by atoms with Gasteiger partial charge in [-0.2, -0.15) is 0 Å². The van der Waals surface area contributed by atoms with Crippen LogP contribution in [0.1, 0.15) is 41.0 Å². The second-order valence-electron chi connectivity index (χ2n) is 4.65. The van der Waals surface area contributed by atoms with Gasteiger partial charge in [0.1, 0.15) is 0 Å². The first-order valence-electron chi connectivity index (χ1n) is 4.72. The third kappa shape index (κ3) is 4.62. The molecule has 0 saturated heterocycles. The lowest BCUT2D eigenvalue weighted by Crippen LogP contribution is -2.44. The lowest BCUT2D eigenvalue weighted by atomic mass is 10.2. The van der Waals surface area contributed by atoms with Gasteiger partial charge in [-0.05, 0) is 41.0 Å².